The molecule has 6 nitrogen and oxygen atoms in total. The van der Waals surface area contributed by atoms with Crippen molar-refractivity contribution in [2.45, 2.75) is 12.8 Å². The fourth-order valence-electron chi connectivity index (χ4n) is 3.02. The van der Waals surface area contributed by atoms with Crippen LogP contribution in [0.3, 0.4) is 0 Å². The summed E-state index contributed by atoms with van der Waals surface area (Å²) in [7, 11) is 1.79. The van der Waals surface area contributed by atoms with E-state index in [0.29, 0.717) is 36.7 Å². The van der Waals surface area contributed by atoms with E-state index in [1.807, 2.05) is 29.2 Å². The highest BCUT2D eigenvalue weighted by molar-refractivity contribution is 9.10. The van der Waals surface area contributed by atoms with Gasteiger partial charge < -0.3 is 10.2 Å². The lowest BCUT2D eigenvalue weighted by molar-refractivity contribution is 0.0683. The van der Waals surface area contributed by atoms with Crippen LogP contribution in [0.25, 0.3) is 0 Å². The van der Waals surface area contributed by atoms with Gasteiger partial charge in [-0.15, -0.1) is 0 Å². The Bertz CT molecular complexity index is 766. The lowest BCUT2D eigenvalue weighted by Crippen LogP contribution is -2.41. The monoisotopic (exact) mass is 404 g/mol. The molecule has 0 saturated carbocycles. The van der Waals surface area contributed by atoms with Crippen molar-refractivity contribution in [2.24, 2.45) is 13.0 Å². The molecule has 1 saturated heterocycles. The maximum Gasteiger partial charge on any atom is 0.254 e. The van der Waals surface area contributed by atoms with Crippen LogP contribution in [0.5, 0.6) is 0 Å². The van der Waals surface area contributed by atoms with Crippen molar-refractivity contribution in [1.29, 1.82) is 0 Å². The summed E-state index contributed by atoms with van der Waals surface area (Å²) in [5.74, 6) is 0.356. The van der Waals surface area contributed by atoms with Crippen LogP contribution in [0.1, 0.15) is 33.6 Å². The average Bonchev–Trinajstić information content (AvgIpc) is 3.06. The zero-order valence-corrected chi connectivity index (χ0v) is 15.7. The van der Waals surface area contributed by atoms with Crippen molar-refractivity contribution in [3.63, 3.8) is 0 Å². The van der Waals surface area contributed by atoms with Crippen LogP contribution in [0, 0.1) is 5.92 Å². The average molecular weight is 405 g/mol. The molecule has 1 N–H and O–H groups in total. The third kappa shape index (κ3) is 4.28. The Kier molecular flexibility index (Phi) is 5.53. The highest BCUT2D eigenvalue weighted by Gasteiger charge is 2.25. The molecule has 0 aliphatic carbocycles. The minimum Gasteiger partial charge on any atom is -0.352 e. The number of nitrogens with one attached hydrogen (secondary N) is 1. The number of hydrogen-bond acceptors (Lipinski definition) is 3. The molecule has 1 aliphatic heterocycles. The van der Waals surface area contributed by atoms with Crippen LogP contribution in [0.2, 0.25) is 0 Å². The number of nitrogens with zero attached hydrogens (tertiary/aromatic N) is 3. The number of carbonyl (C=O) groups is 2. The van der Waals surface area contributed by atoms with E-state index >= 15 is 0 Å². The van der Waals surface area contributed by atoms with Crippen molar-refractivity contribution in [3.8, 4) is 0 Å². The van der Waals surface area contributed by atoms with Gasteiger partial charge in [0.25, 0.3) is 11.8 Å². The Morgan fingerprint density at radius 2 is 2.00 bits per heavy atom. The Morgan fingerprint density at radius 3 is 2.64 bits per heavy atom. The predicted molar refractivity (Wildman–Crippen MR) is 98.3 cm³/mol. The molecule has 25 heavy (non-hydrogen) atoms. The number of aryl methyl sites for hydroxylation is 1. The Balaban J connectivity index is 1.48. The molecule has 0 radical (unpaired) electrons. The van der Waals surface area contributed by atoms with E-state index in [9.17, 15) is 9.59 Å². The van der Waals surface area contributed by atoms with Crippen LogP contribution in [0.4, 0.5) is 0 Å². The summed E-state index contributed by atoms with van der Waals surface area (Å²) in [6, 6.07) is 7.50. The molecule has 0 spiro atoms. The SMILES string of the molecule is Cn1cc(C(=O)NCC2CCN(C(=O)c3ccccc3Br)CC2)cn1. The van der Waals surface area contributed by atoms with E-state index in [1.165, 1.54) is 0 Å². The van der Waals surface area contributed by atoms with Gasteiger partial charge in [-0.05, 0) is 46.8 Å². The largest absolute Gasteiger partial charge is 0.352 e. The van der Waals surface area contributed by atoms with Gasteiger partial charge in [0.15, 0.2) is 0 Å². The number of rotatable bonds is 4. The number of carbonyl (C=O) groups excluding carboxylic acids is 2. The highest BCUT2D eigenvalue weighted by atomic mass is 79.9. The van der Waals surface area contributed by atoms with E-state index in [-0.39, 0.29) is 11.8 Å². The topological polar surface area (TPSA) is 67.2 Å². The number of benzene rings is 1. The molecule has 2 heterocycles. The van der Waals surface area contributed by atoms with Gasteiger partial charge in [-0.25, -0.2) is 0 Å². The second-order valence-electron chi connectivity index (χ2n) is 6.33. The lowest BCUT2D eigenvalue weighted by atomic mass is 9.96. The molecule has 2 aromatic rings. The van der Waals surface area contributed by atoms with E-state index in [2.05, 4.69) is 26.3 Å². The molecule has 1 aliphatic rings. The molecular formula is C18H21BrN4O2. The summed E-state index contributed by atoms with van der Waals surface area (Å²) in [5, 5.41) is 6.97. The second kappa shape index (κ2) is 7.82. The van der Waals surface area contributed by atoms with Gasteiger partial charge in [0, 0.05) is 37.4 Å². The van der Waals surface area contributed by atoms with Crippen molar-refractivity contribution < 1.29 is 9.59 Å². The zero-order chi connectivity index (χ0) is 17.8. The van der Waals surface area contributed by atoms with Crippen molar-refractivity contribution in [3.05, 3.63) is 52.3 Å². The van der Waals surface area contributed by atoms with Crippen molar-refractivity contribution >= 4 is 27.7 Å². The van der Waals surface area contributed by atoms with Gasteiger partial charge in [0.2, 0.25) is 0 Å². The summed E-state index contributed by atoms with van der Waals surface area (Å²) in [6.45, 7) is 2.06. The molecule has 2 amide bonds. The van der Waals surface area contributed by atoms with Gasteiger partial charge in [0.05, 0.1) is 17.3 Å². The number of aromatic nitrogens is 2. The summed E-state index contributed by atoms with van der Waals surface area (Å²) in [4.78, 5) is 26.5. The molecule has 0 atom stereocenters. The molecule has 0 bridgehead atoms. The molecule has 7 heteroatoms. The molecule has 1 aromatic heterocycles. The second-order valence-corrected chi connectivity index (χ2v) is 7.18. The summed E-state index contributed by atoms with van der Waals surface area (Å²) >= 11 is 3.44. The maximum atomic E-state index is 12.6. The van der Waals surface area contributed by atoms with Crippen LogP contribution in [-0.4, -0.2) is 46.1 Å². The number of piperidine rings is 1. The summed E-state index contributed by atoms with van der Waals surface area (Å²) < 4.78 is 2.44. The zero-order valence-electron chi connectivity index (χ0n) is 14.1. The normalized spacial score (nSPS) is 15.2. The number of hydrogen-bond donors (Lipinski definition) is 1. The number of halogens is 1. The van der Waals surface area contributed by atoms with Crippen LogP contribution in [0.15, 0.2) is 41.1 Å². The molecular weight excluding hydrogens is 384 g/mol. The summed E-state index contributed by atoms with van der Waals surface area (Å²) in [5.41, 5.74) is 1.27. The smallest absolute Gasteiger partial charge is 0.254 e. The van der Waals surface area contributed by atoms with E-state index in [1.54, 1.807) is 24.1 Å². The molecule has 132 valence electrons. The molecule has 1 fully saturated rings. The quantitative estimate of drug-likeness (QED) is 0.850. The van der Waals surface area contributed by atoms with E-state index in [4.69, 9.17) is 0 Å². The highest BCUT2D eigenvalue weighted by Crippen LogP contribution is 2.22. The van der Waals surface area contributed by atoms with Gasteiger partial charge in [-0.2, -0.15) is 5.10 Å². The standard InChI is InChI=1S/C18H21BrN4O2/c1-22-12-14(11-21-22)17(24)20-10-13-6-8-23(9-7-13)18(25)15-4-2-3-5-16(15)19/h2-5,11-13H,6-10H2,1H3,(H,20,24). The van der Waals surface area contributed by atoms with Crippen LogP contribution >= 0.6 is 15.9 Å². The van der Waals surface area contributed by atoms with Gasteiger partial charge in [0.1, 0.15) is 0 Å². The fraction of sp³-hybridized carbons (Fsp3) is 0.389. The fourth-order valence-corrected chi connectivity index (χ4v) is 3.48. The van der Waals surface area contributed by atoms with E-state index in [0.717, 1.165) is 17.3 Å². The first-order valence-corrected chi connectivity index (χ1v) is 9.14. The van der Waals surface area contributed by atoms with Crippen LogP contribution < -0.4 is 5.32 Å². The first-order valence-electron chi connectivity index (χ1n) is 8.35. The Morgan fingerprint density at radius 1 is 1.28 bits per heavy atom. The molecule has 0 unspecified atom stereocenters. The van der Waals surface area contributed by atoms with Crippen LogP contribution in [-0.2, 0) is 7.05 Å². The molecule has 1 aromatic carbocycles. The first kappa shape index (κ1) is 17.7. The predicted octanol–water partition coefficient (Wildman–Crippen LogP) is 2.46. The minimum atomic E-state index is -0.0974. The summed E-state index contributed by atoms with van der Waals surface area (Å²) in [6.07, 6.45) is 5.05. The van der Waals surface area contributed by atoms with Crippen molar-refractivity contribution in [2.75, 3.05) is 19.6 Å². The first-order chi connectivity index (χ1) is 12.0. The molecule has 3 rings (SSSR count). The van der Waals surface area contributed by atoms with Crippen molar-refractivity contribution in [1.82, 2.24) is 20.0 Å². The number of amides is 2. The van der Waals surface area contributed by atoms with Gasteiger partial charge in [-0.3, -0.25) is 14.3 Å². The van der Waals surface area contributed by atoms with E-state index < -0.39 is 0 Å². The third-order valence-corrected chi connectivity index (χ3v) is 5.22. The Hall–Kier alpha value is -2.15. The lowest BCUT2D eigenvalue weighted by Gasteiger charge is -2.32. The Labute approximate surface area is 155 Å². The third-order valence-electron chi connectivity index (χ3n) is 4.52. The van der Waals surface area contributed by atoms with Gasteiger partial charge >= 0.3 is 0 Å². The minimum absolute atomic E-state index is 0.0605. The number of likely N-dealkylation sites (tertiary alicyclic amines) is 1. The van der Waals surface area contributed by atoms with Gasteiger partial charge in [-0.1, -0.05) is 12.1 Å². The maximum absolute atomic E-state index is 12.6.